The van der Waals surface area contributed by atoms with Gasteiger partial charge < -0.3 is 4.74 Å². The van der Waals surface area contributed by atoms with Gasteiger partial charge in [0.1, 0.15) is 11.7 Å². The molecule has 4 nitrogen and oxygen atoms in total. The van der Waals surface area contributed by atoms with Crippen LogP contribution in [0, 0.1) is 22.7 Å². The van der Waals surface area contributed by atoms with Crippen LogP contribution in [0.2, 0.25) is 0 Å². The van der Waals surface area contributed by atoms with Crippen LogP contribution in [-0.4, -0.2) is 11.7 Å². The molecule has 0 saturated heterocycles. The largest absolute Gasteiger partial charge is 0.446 e. The van der Waals surface area contributed by atoms with Gasteiger partial charge in [-0.1, -0.05) is 84.9 Å². The molecule has 0 aromatic heterocycles. The first-order chi connectivity index (χ1) is 15.7. The van der Waals surface area contributed by atoms with Gasteiger partial charge in [-0.3, -0.25) is 10.2 Å². The van der Waals surface area contributed by atoms with Gasteiger partial charge in [0.2, 0.25) is 5.90 Å². The lowest BCUT2D eigenvalue weighted by molar-refractivity contribution is -0.117. The van der Waals surface area contributed by atoms with Crippen molar-refractivity contribution < 1.29 is 9.53 Å². The van der Waals surface area contributed by atoms with Crippen LogP contribution in [0.3, 0.4) is 0 Å². The molecule has 2 aliphatic rings. The van der Waals surface area contributed by atoms with Gasteiger partial charge in [0, 0.05) is 24.3 Å². The van der Waals surface area contributed by atoms with Crippen LogP contribution in [0.4, 0.5) is 0 Å². The highest BCUT2D eigenvalue weighted by Gasteiger charge is 2.44. The third-order valence-electron chi connectivity index (χ3n) is 6.41. The minimum atomic E-state index is -0.812. The minimum absolute atomic E-state index is 0.00462. The van der Waals surface area contributed by atoms with E-state index in [1.54, 1.807) is 0 Å². The SMILES string of the molecule is N#CC1C(=N)OC2=C(C(=O)CC(c3ccccc3)C2)C1c1ccc(-c2ccccc2)cc1. The van der Waals surface area contributed by atoms with Crippen molar-refractivity contribution in [1.82, 2.24) is 0 Å². The normalized spacial score (nSPS) is 22.7. The van der Waals surface area contributed by atoms with Crippen molar-refractivity contribution in [3.63, 3.8) is 0 Å². The van der Waals surface area contributed by atoms with E-state index >= 15 is 0 Å². The minimum Gasteiger partial charge on any atom is -0.446 e. The Morgan fingerprint density at radius 1 is 0.812 bits per heavy atom. The van der Waals surface area contributed by atoms with Crippen LogP contribution in [0.25, 0.3) is 11.1 Å². The Bertz CT molecular complexity index is 1240. The molecule has 3 aromatic rings. The molecule has 0 radical (unpaired) electrons. The number of carbonyl (C=O) groups is 1. The lowest BCUT2D eigenvalue weighted by Crippen LogP contribution is -2.36. The highest BCUT2D eigenvalue weighted by Crippen LogP contribution is 2.46. The van der Waals surface area contributed by atoms with Gasteiger partial charge in [-0.25, -0.2) is 0 Å². The van der Waals surface area contributed by atoms with E-state index in [2.05, 4.69) is 6.07 Å². The lowest BCUT2D eigenvalue weighted by Gasteiger charge is -2.36. The Hall–Kier alpha value is -3.97. The fourth-order valence-corrected chi connectivity index (χ4v) is 4.82. The number of hydrogen-bond acceptors (Lipinski definition) is 4. The molecule has 3 atom stereocenters. The zero-order valence-electron chi connectivity index (χ0n) is 17.5. The number of nitrogens with one attached hydrogen (secondary N) is 1. The maximum Gasteiger partial charge on any atom is 0.205 e. The Morgan fingerprint density at radius 2 is 1.44 bits per heavy atom. The molecule has 3 aromatic carbocycles. The van der Waals surface area contributed by atoms with Crippen molar-refractivity contribution >= 4 is 11.7 Å². The molecule has 0 saturated carbocycles. The van der Waals surface area contributed by atoms with E-state index in [9.17, 15) is 10.1 Å². The molecule has 5 rings (SSSR count). The van der Waals surface area contributed by atoms with Crippen LogP contribution in [0.15, 0.2) is 96.3 Å². The summed E-state index contributed by atoms with van der Waals surface area (Å²) in [4.78, 5) is 13.3. The number of ether oxygens (including phenoxy) is 1. The molecule has 0 spiro atoms. The first kappa shape index (κ1) is 20.0. The maximum atomic E-state index is 13.3. The van der Waals surface area contributed by atoms with Crippen molar-refractivity contribution in [1.29, 1.82) is 10.7 Å². The average molecular weight is 418 g/mol. The Balaban J connectivity index is 1.54. The number of nitrogens with zero attached hydrogens (tertiary/aromatic N) is 1. The topological polar surface area (TPSA) is 73.9 Å². The molecule has 0 amide bonds. The van der Waals surface area contributed by atoms with Gasteiger partial charge in [-0.05, 0) is 28.2 Å². The fourth-order valence-electron chi connectivity index (χ4n) is 4.82. The molecular weight excluding hydrogens is 396 g/mol. The third-order valence-corrected chi connectivity index (χ3v) is 6.41. The molecule has 32 heavy (non-hydrogen) atoms. The van der Waals surface area contributed by atoms with Crippen LogP contribution < -0.4 is 0 Å². The van der Waals surface area contributed by atoms with Crippen LogP contribution in [0.5, 0.6) is 0 Å². The second-order valence-electron chi connectivity index (χ2n) is 8.31. The number of ketones is 1. The smallest absolute Gasteiger partial charge is 0.205 e. The van der Waals surface area contributed by atoms with Gasteiger partial charge in [0.25, 0.3) is 0 Å². The van der Waals surface area contributed by atoms with Gasteiger partial charge in [0.15, 0.2) is 5.78 Å². The fraction of sp³-hybridized carbons (Fsp3) is 0.179. The molecule has 1 heterocycles. The quantitative estimate of drug-likeness (QED) is 0.568. The van der Waals surface area contributed by atoms with Crippen molar-refractivity contribution in [3.8, 4) is 17.2 Å². The summed E-state index contributed by atoms with van der Waals surface area (Å²) in [7, 11) is 0. The van der Waals surface area contributed by atoms with E-state index in [1.807, 2.05) is 84.9 Å². The van der Waals surface area contributed by atoms with Gasteiger partial charge in [-0.15, -0.1) is 0 Å². The summed E-state index contributed by atoms with van der Waals surface area (Å²) in [5.41, 5.74) is 4.69. The molecule has 1 aliphatic carbocycles. The zero-order valence-corrected chi connectivity index (χ0v) is 17.5. The third kappa shape index (κ3) is 3.52. The number of allylic oxidation sites excluding steroid dienone is 2. The monoisotopic (exact) mass is 418 g/mol. The second kappa shape index (κ2) is 8.28. The summed E-state index contributed by atoms with van der Waals surface area (Å²) >= 11 is 0. The maximum absolute atomic E-state index is 13.3. The molecule has 0 fully saturated rings. The summed E-state index contributed by atoms with van der Waals surface area (Å²) in [5.74, 6) is -0.799. The summed E-state index contributed by atoms with van der Waals surface area (Å²) in [6.07, 6.45) is 0.945. The summed E-state index contributed by atoms with van der Waals surface area (Å²) < 4.78 is 5.78. The van der Waals surface area contributed by atoms with E-state index in [0.717, 1.165) is 22.3 Å². The first-order valence-corrected chi connectivity index (χ1v) is 10.8. The van der Waals surface area contributed by atoms with E-state index in [1.165, 1.54) is 0 Å². The Morgan fingerprint density at radius 3 is 2.09 bits per heavy atom. The lowest BCUT2D eigenvalue weighted by atomic mass is 9.71. The summed E-state index contributed by atoms with van der Waals surface area (Å²) in [6.45, 7) is 0. The summed E-state index contributed by atoms with van der Waals surface area (Å²) in [5, 5.41) is 18.2. The van der Waals surface area contributed by atoms with Crippen LogP contribution in [0.1, 0.15) is 35.8 Å². The standard InChI is InChI=1S/C28H22N2O2/c29-17-23-26(21-13-11-20(12-14-21)18-7-3-1-4-8-18)27-24(31)15-22(16-25(27)32-28(23)30)19-9-5-2-6-10-19/h1-14,22-23,26,30H,15-16H2. The van der Waals surface area contributed by atoms with Crippen LogP contribution in [-0.2, 0) is 9.53 Å². The Labute approximate surface area is 187 Å². The van der Waals surface area contributed by atoms with Gasteiger partial charge in [0.05, 0.1) is 6.07 Å². The Kier molecular flexibility index (Phi) is 5.17. The predicted molar refractivity (Wildman–Crippen MR) is 123 cm³/mol. The molecule has 1 N–H and O–H groups in total. The predicted octanol–water partition coefficient (Wildman–Crippen LogP) is 5.99. The van der Waals surface area contributed by atoms with Crippen molar-refractivity contribution in [3.05, 3.63) is 107 Å². The highest BCUT2D eigenvalue weighted by atomic mass is 16.5. The molecule has 1 aliphatic heterocycles. The van der Waals surface area contributed by atoms with E-state index in [-0.39, 0.29) is 17.6 Å². The summed E-state index contributed by atoms with van der Waals surface area (Å²) in [6, 6.07) is 30.2. The molecular formula is C28H22N2O2. The van der Waals surface area contributed by atoms with Gasteiger partial charge >= 0.3 is 0 Å². The number of Topliss-reactive ketones (excluding diaryl/α,β-unsaturated/α-hetero) is 1. The molecule has 156 valence electrons. The molecule has 3 unspecified atom stereocenters. The van der Waals surface area contributed by atoms with Crippen molar-refractivity contribution in [2.45, 2.75) is 24.7 Å². The average Bonchev–Trinajstić information content (AvgIpc) is 2.84. The van der Waals surface area contributed by atoms with E-state index < -0.39 is 11.8 Å². The van der Waals surface area contributed by atoms with Crippen molar-refractivity contribution in [2.75, 3.05) is 0 Å². The highest BCUT2D eigenvalue weighted by molar-refractivity contribution is 6.02. The number of carbonyl (C=O) groups excluding carboxylic acids is 1. The molecule has 4 heteroatoms. The van der Waals surface area contributed by atoms with Crippen LogP contribution >= 0.6 is 0 Å². The zero-order chi connectivity index (χ0) is 22.1. The first-order valence-electron chi connectivity index (χ1n) is 10.8. The number of hydrogen-bond donors (Lipinski definition) is 1. The second-order valence-corrected chi connectivity index (χ2v) is 8.31. The van der Waals surface area contributed by atoms with E-state index in [0.29, 0.717) is 24.2 Å². The van der Waals surface area contributed by atoms with E-state index in [4.69, 9.17) is 10.1 Å². The van der Waals surface area contributed by atoms with Gasteiger partial charge in [-0.2, -0.15) is 5.26 Å². The van der Waals surface area contributed by atoms with Crippen molar-refractivity contribution in [2.24, 2.45) is 5.92 Å². The number of benzene rings is 3. The number of nitriles is 1. The number of rotatable bonds is 3. The molecule has 0 bridgehead atoms.